The monoisotopic (exact) mass is 201 g/mol. The van der Waals surface area contributed by atoms with Crippen LogP contribution in [-0.4, -0.2) is 20.3 Å². The van der Waals surface area contributed by atoms with Crippen LogP contribution in [0, 0.1) is 6.92 Å². The molecule has 4 nitrogen and oxygen atoms in total. The highest BCUT2D eigenvalue weighted by molar-refractivity contribution is 7.89. The summed E-state index contributed by atoms with van der Waals surface area (Å²) in [6.07, 6.45) is 0. The van der Waals surface area contributed by atoms with Crippen molar-refractivity contribution in [3.05, 3.63) is 29.8 Å². The second kappa shape index (κ2) is 3.87. The second-order valence-corrected chi connectivity index (χ2v) is 4.31. The number of hydrogen-bond acceptors (Lipinski definition) is 3. The fourth-order valence-electron chi connectivity index (χ4n) is 1.02. The largest absolute Gasteiger partial charge is 0.380 e. The van der Waals surface area contributed by atoms with Crippen molar-refractivity contribution < 1.29 is 13.5 Å². The molecule has 0 atom stereocenters. The number of aliphatic hydroxyl groups excluding tert-OH is 1. The molecule has 72 valence electrons. The molecule has 0 aliphatic rings. The van der Waals surface area contributed by atoms with E-state index in [2.05, 4.69) is 0 Å². The molecule has 0 spiro atoms. The average molecular weight is 201 g/mol. The van der Waals surface area contributed by atoms with E-state index in [4.69, 9.17) is 5.11 Å². The topological polar surface area (TPSA) is 66.4 Å². The van der Waals surface area contributed by atoms with Crippen LogP contribution in [0.2, 0.25) is 0 Å². The summed E-state index contributed by atoms with van der Waals surface area (Å²) in [5.41, 5.74) is 0.656. The molecule has 1 aromatic carbocycles. The molecule has 1 aromatic rings. The van der Waals surface area contributed by atoms with E-state index in [0.29, 0.717) is 5.56 Å². The van der Waals surface area contributed by atoms with Gasteiger partial charge in [-0.3, -0.25) is 0 Å². The second-order valence-electron chi connectivity index (χ2n) is 2.57. The first-order valence-electron chi connectivity index (χ1n) is 3.74. The van der Waals surface area contributed by atoms with Gasteiger partial charge in [-0.2, -0.15) is 4.72 Å². The quantitative estimate of drug-likeness (QED) is 0.688. The van der Waals surface area contributed by atoms with E-state index in [0.717, 1.165) is 0 Å². The zero-order chi connectivity index (χ0) is 9.90. The van der Waals surface area contributed by atoms with Gasteiger partial charge in [-0.15, -0.1) is 0 Å². The third-order valence-corrected chi connectivity index (χ3v) is 3.18. The van der Waals surface area contributed by atoms with Gasteiger partial charge >= 0.3 is 0 Å². The van der Waals surface area contributed by atoms with Gasteiger partial charge in [-0.05, 0) is 18.6 Å². The van der Waals surface area contributed by atoms with Crippen LogP contribution in [0.3, 0.4) is 0 Å². The molecule has 0 heterocycles. The van der Waals surface area contributed by atoms with Crippen LogP contribution in [0.4, 0.5) is 0 Å². The molecule has 0 fully saturated rings. The number of sulfonamides is 1. The van der Waals surface area contributed by atoms with Gasteiger partial charge in [0.15, 0.2) is 0 Å². The lowest BCUT2D eigenvalue weighted by Crippen LogP contribution is -2.25. The summed E-state index contributed by atoms with van der Waals surface area (Å²) < 4.78 is 24.8. The third-order valence-electron chi connectivity index (χ3n) is 1.64. The maximum absolute atomic E-state index is 11.4. The number of hydrogen-bond donors (Lipinski definition) is 2. The van der Waals surface area contributed by atoms with Crippen LogP contribution in [0.15, 0.2) is 29.2 Å². The van der Waals surface area contributed by atoms with Crippen LogP contribution in [0.25, 0.3) is 0 Å². The minimum atomic E-state index is -3.54. The molecule has 5 heteroatoms. The molecule has 0 saturated heterocycles. The Morgan fingerprint density at radius 2 is 2.00 bits per heavy atom. The molecule has 0 saturated carbocycles. The van der Waals surface area contributed by atoms with Crippen molar-refractivity contribution in [1.82, 2.24) is 4.72 Å². The maximum Gasteiger partial charge on any atom is 0.242 e. The Hall–Kier alpha value is -0.910. The van der Waals surface area contributed by atoms with Crippen LogP contribution < -0.4 is 4.72 Å². The molecule has 0 bridgehead atoms. The highest BCUT2D eigenvalue weighted by atomic mass is 32.2. The lowest BCUT2D eigenvalue weighted by Gasteiger charge is -2.06. The lowest BCUT2D eigenvalue weighted by molar-refractivity contribution is 0.288. The van der Waals surface area contributed by atoms with Gasteiger partial charge in [0, 0.05) is 0 Å². The molecule has 0 aromatic heterocycles. The first-order valence-corrected chi connectivity index (χ1v) is 5.22. The van der Waals surface area contributed by atoms with Crippen molar-refractivity contribution in [3.63, 3.8) is 0 Å². The predicted octanol–water partition coefficient (Wildman–Crippen LogP) is 0.223. The number of rotatable bonds is 3. The van der Waals surface area contributed by atoms with Gasteiger partial charge in [0.2, 0.25) is 10.0 Å². The lowest BCUT2D eigenvalue weighted by atomic mass is 10.2. The average Bonchev–Trinajstić information content (AvgIpc) is 2.04. The third kappa shape index (κ3) is 2.27. The van der Waals surface area contributed by atoms with Crippen LogP contribution in [0.1, 0.15) is 5.56 Å². The van der Waals surface area contributed by atoms with Gasteiger partial charge in [0.05, 0.1) is 4.90 Å². The van der Waals surface area contributed by atoms with Crippen molar-refractivity contribution >= 4 is 10.0 Å². The summed E-state index contributed by atoms with van der Waals surface area (Å²) in [6, 6.07) is 6.59. The minimum Gasteiger partial charge on any atom is -0.380 e. The van der Waals surface area contributed by atoms with E-state index < -0.39 is 16.8 Å². The fourth-order valence-corrected chi connectivity index (χ4v) is 2.10. The number of aliphatic hydroxyl groups is 1. The Bertz CT molecular complexity index is 386. The number of nitrogens with one attached hydrogen (secondary N) is 1. The van der Waals surface area contributed by atoms with Crippen molar-refractivity contribution in [2.45, 2.75) is 11.8 Å². The zero-order valence-corrected chi connectivity index (χ0v) is 8.00. The summed E-state index contributed by atoms with van der Waals surface area (Å²) in [7, 11) is -3.54. The first kappa shape index (κ1) is 10.2. The summed E-state index contributed by atoms with van der Waals surface area (Å²) >= 11 is 0. The highest BCUT2D eigenvalue weighted by Crippen LogP contribution is 2.12. The van der Waals surface area contributed by atoms with E-state index >= 15 is 0 Å². The number of benzene rings is 1. The highest BCUT2D eigenvalue weighted by Gasteiger charge is 2.14. The molecular formula is C8H11NO3S. The Kier molecular flexibility index (Phi) is 3.02. The zero-order valence-electron chi connectivity index (χ0n) is 7.19. The maximum atomic E-state index is 11.4. The fraction of sp³-hybridized carbons (Fsp3) is 0.250. The number of aryl methyl sites for hydroxylation is 1. The molecule has 0 aliphatic heterocycles. The molecular weight excluding hydrogens is 190 g/mol. The van der Waals surface area contributed by atoms with Gasteiger partial charge in [0.1, 0.15) is 6.73 Å². The Balaban J connectivity index is 3.15. The molecule has 0 amide bonds. The summed E-state index contributed by atoms with van der Waals surface area (Å²) in [5, 5.41) is 8.46. The normalized spacial score (nSPS) is 11.5. The summed E-state index contributed by atoms with van der Waals surface area (Å²) in [5.74, 6) is 0. The van der Waals surface area contributed by atoms with Gasteiger partial charge in [-0.25, -0.2) is 8.42 Å². The van der Waals surface area contributed by atoms with Gasteiger partial charge in [0.25, 0.3) is 0 Å². The molecule has 1 rings (SSSR count). The predicted molar refractivity (Wildman–Crippen MR) is 48.6 cm³/mol. The molecule has 0 aliphatic carbocycles. The van der Waals surface area contributed by atoms with Crippen molar-refractivity contribution in [2.75, 3.05) is 6.73 Å². The van der Waals surface area contributed by atoms with Crippen molar-refractivity contribution in [3.8, 4) is 0 Å². The standard InChI is InChI=1S/C8H11NO3S/c1-7-4-2-3-5-8(7)13(11,12)9-6-10/h2-5,9-10H,6H2,1H3. The summed E-state index contributed by atoms with van der Waals surface area (Å²) in [6.45, 7) is 1.11. The van der Waals surface area contributed by atoms with Gasteiger partial charge < -0.3 is 5.11 Å². The van der Waals surface area contributed by atoms with Crippen LogP contribution in [-0.2, 0) is 10.0 Å². The molecule has 13 heavy (non-hydrogen) atoms. The Labute approximate surface area is 77.3 Å². The molecule has 0 unspecified atom stereocenters. The molecule has 2 N–H and O–H groups in total. The van der Waals surface area contributed by atoms with Crippen molar-refractivity contribution in [2.24, 2.45) is 0 Å². The van der Waals surface area contributed by atoms with Crippen LogP contribution >= 0.6 is 0 Å². The molecule has 0 radical (unpaired) electrons. The van der Waals surface area contributed by atoms with E-state index in [1.165, 1.54) is 6.07 Å². The van der Waals surface area contributed by atoms with Crippen LogP contribution in [0.5, 0.6) is 0 Å². The first-order chi connectivity index (χ1) is 6.08. The Morgan fingerprint density at radius 1 is 1.38 bits per heavy atom. The summed E-state index contributed by atoms with van der Waals surface area (Å²) in [4.78, 5) is 0.198. The Morgan fingerprint density at radius 3 is 2.54 bits per heavy atom. The smallest absolute Gasteiger partial charge is 0.242 e. The van der Waals surface area contributed by atoms with Crippen molar-refractivity contribution in [1.29, 1.82) is 0 Å². The van der Waals surface area contributed by atoms with E-state index in [1.54, 1.807) is 25.1 Å². The minimum absolute atomic E-state index is 0.198. The van der Waals surface area contributed by atoms with E-state index in [1.807, 2.05) is 4.72 Å². The SMILES string of the molecule is Cc1ccccc1S(=O)(=O)NCO. The van der Waals surface area contributed by atoms with Gasteiger partial charge in [-0.1, -0.05) is 18.2 Å². The van der Waals surface area contributed by atoms with E-state index in [9.17, 15) is 8.42 Å². The van der Waals surface area contributed by atoms with E-state index in [-0.39, 0.29) is 4.90 Å².